The number of carbonyl (C=O) groups is 1. The van der Waals surface area contributed by atoms with Crippen LogP contribution in [0, 0.1) is 5.92 Å². The number of likely N-dealkylation sites (tertiary alicyclic amines) is 1. The maximum Gasteiger partial charge on any atom is 0.419 e. The van der Waals surface area contributed by atoms with Crippen LogP contribution in [-0.2, 0) is 12.6 Å². The number of nitrogens with zero attached hydrogens (tertiary/aromatic N) is 4. The zero-order chi connectivity index (χ0) is 21.3. The molecule has 11 heteroatoms. The highest BCUT2D eigenvalue weighted by molar-refractivity contribution is 7.07. The van der Waals surface area contributed by atoms with Gasteiger partial charge in [-0.25, -0.2) is 4.98 Å². The average molecular weight is 438 g/mol. The van der Waals surface area contributed by atoms with Crippen molar-refractivity contribution in [3.05, 3.63) is 46.0 Å². The molecule has 0 aliphatic carbocycles. The van der Waals surface area contributed by atoms with Gasteiger partial charge in [0.05, 0.1) is 11.1 Å². The minimum Gasteiger partial charge on any atom is -0.507 e. The molecule has 0 radical (unpaired) electrons. The topological polar surface area (TPSA) is 92.3 Å². The third kappa shape index (κ3) is 4.30. The molecule has 0 atom stereocenters. The lowest BCUT2D eigenvalue weighted by molar-refractivity contribution is -0.138. The van der Waals surface area contributed by atoms with Gasteiger partial charge in [0, 0.05) is 30.5 Å². The predicted octanol–water partition coefficient (Wildman–Crippen LogP) is 4.01. The van der Waals surface area contributed by atoms with Gasteiger partial charge in [0.2, 0.25) is 0 Å². The molecule has 0 bridgehead atoms. The summed E-state index contributed by atoms with van der Waals surface area (Å²) in [5.74, 6) is -0.133. The van der Waals surface area contributed by atoms with E-state index in [1.165, 1.54) is 11.3 Å². The van der Waals surface area contributed by atoms with Gasteiger partial charge in [-0.05, 0) is 37.0 Å². The number of aromatic nitrogens is 3. The lowest BCUT2D eigenvalue weighted by Crippen LogP contribution is -2.39. The Labute approximate surface area is 173 Å². The molecule has 1 aromatic carbocycles. The molecule has 0 unspecified atom stereocenters. The van der Waals surface area contributed by atoms with E-state index in [0.29, 0.717) is 49.8 Å². The summed E-state index contributed by atoms with van der Waals surface area (Å²) in [5.41, 5.74) is 1.20. The van der Waals surface area contributed by atoms with Gasteiger partial charge in [-0.3, -0.25) is 4.79 Å². The fraction of sp³-hybridized carbons (Fsp3) is 0.368. The van der Waals surface area contributed by atoms with Crippen LogP contribution in [0.3, 0.4) is 0 Å². The number of phenolic OH excluding ortho intramolecular Hbond substituents is 1. The first-order valence-electron chi connectivity index (χ1n) is 9.22. The van der Waals surface area contributed by atoms with Crippen LogP contribution < -0.4 is 0 Å². The molecule has 2 aromatic heterocycles. The van der Waals surface area contributed by atoms with Crippen molar-refractivity contribution in [3.8, 4) is 17.3 Å². The first kappa shape index (κ1) is 20.3. The lowest BCUT2D eigenvalue weighted by Gasteiger charge is -2.31. The molecule has 158 valence electrons. The number of benzene rings is 1. The number of hydrogen-bond donors (Lipinski definition) is 1. The van der Waals surface area contributed by atoms with E-state index < -0.39 is 23.4 Å². The number of halogens is 3. The summed E-state index contributed by atoms with van der Waals surface area (Å²) in [7, 11) is 0. The zero-order valence-electron chi connectivity index (χ0n) is 15.6. The van der Waals surface area contributed by atoms with E-state index in [1.54, 1.807) is 10.4 Å². The SMILES string of the molecule is O=C(c1ccc(C(F)(F)F)c(O)c1)N1CCC(Cc2noc(-c3cscn3)n2)CC1. The third-order valence-corrected chi connectivity index (χ3v) is 5.63. The summed E-state index contributed by atoms with van der Waals surface area (Å²) in [6.45, 7) is 0.921. The standard InChI is InChI=1S/C19H17F3N4O3S/c20-19(21,22)13-2-1-12(8-15(13)27)18(28)26-5-3-11(4-6-26)7-16-24-17(29-25-16)14-9-30-10-23-14/h1-2,8-11,27H,3-7H2. The van der Waals surface area contributed by atoms with Crippen molar-refractivity contribution in [2.75, 3.05) is 13.1 Å². The van der Waals surface area contributed by atoms with Crippen molar-refractivity contribution in [1.82, 2.24) is 20.0 Å². The molecule has 1 N–H and O–H groups in total. The van der Waals surface area contributed by atoms with Crippen LogP contribution in [0.5, 0.6) is 5.75 Å². The Hall–Kier alpha value is -2.95. The van der Waals surface area contributed by atoms with Crippen molar-refractivity contribution in [2.24, 2.45) is 5.92 Å². The summed E-state index contributed by atoms with van der Waals surface area (Å²) in [4.78, 5) is 22.7. The number of amides is 1. The summed E-state index contributed by atoms with van der Waals surface area (Å²) in [6.07, 6.45) is -2.65. The van der Waals surface area contributed by atoms with Crippen LogP contribution in [-0.4, -0.2) is 44.1 Å². The molecule has 4 rings (SSSR count). The van der Waals surface area contributed by atoms with E-state index >= 15 is 0 Å². The molecular formula is C19H17F3N4O3S. The van der Waals surface area contributed by atoms with Crippen LogP contribution in [0.25, 0.3) is 11.6 Å². The maximum atomic E-state index is 12.8. The Morgan fingerprint density at radius 1 is 1.30 bits per heavy atom. The second-order valence-electron chi connectivity index (χ2n) is 7.06. The summed E-state index contributed by atoms with van der Waals surface area (Å²) < 4.78 is 43.5. The lowest BCUT2D eigenvalue weighted by atomic mass is 9.93. The van der Waals surface area contributed by atoms with Gasteiger partial charge in [0.1, 0.15) is 11.4 Å². The van der Waals surface area contributed by atoms with Crippen LogP contribution in [0.2, 0.25) is 0 Å². The number of alkyl halides is 3. The Bertz CT molecular complexity index is 1030. The number of carbonyl (C=O) groups excluding carboxylic acids is 1. The number of phenols is 1. The van der Waals surface area contributed by atoms with Gasteiger partial charge in [-0.2, -0.15) is 18.2 Å². The predicted molar refractivity (Wildman–Crippen MR) is 101 cm³/mol. The smallest absolute Gasteiger partial charge is 0.419 e. The first-order chi connectivity index (χ1) is 14.3. The monoisotopic (exact) mass is 438 g/mol. The van der Waals surface area contributed by atoms with Crippen LogP contribution in [0.15, 0.2) is 33.6 Å². The van der Waals surface area contributed by atoms with Gasteiger partial charge < -0.3 is 14.5 Å². The summed E-state index contributed by atoms with van der Waals surface area (Å²) in [6, 6.07) is 2.69. The van der Waals surface area contributed by atoms with Gasteiger partial charge >= 0.3 is 6.18 Å². The molecular weight excluding hydrogens is 421 g/mol. The molecule has 0 saturated carbocycles. The second-order valence-corrected chi connectivity index (χ2v) is 7.78. The van der Waals surface area contributed by atoms with Crippen LogP contribution in [0.1, 0.15) is 34.6 Å². The van der Waals surface area contributed by atoms with E-state index in [4.69, 9.17) is 4.52 Å². The summed E-state index contributed by atoms with van der Waals surface area (Å²) >= 11 is 1.44. The van der Waals surface area contributed by atoms with Gasteiger partial charge in [0.25, 0.3) is 11.8 Å². The highest BCUT2D eigenvalue weighted by Crippen LogP contribution is 2.36. The summed E-state index contributed by atoms with van der Waals surface area (Å²) in [5, 5.41) is 15.4. The van der Waals surface area contributed by atoms with Crippen molar-refractivity contribution < 1.29 is 27.6 Å². The largest absolute Gasteiger partial charge is 0.507 e. The Morgan fingerprint density at radius 3 is 2.70 bits per heavy atom. The fourth-order valence-corrected chi connectivity index (χ4v) is 3.97. The van der Waals surface area contributed by atoms with Crippen molar-refractivity contribution >= 4 is 17.2 Å². The molecule has 1 saturated heterocycles. The Morgan fingerprint density at radius 2 is 2.07 bits per heavy atom. The Balaban J connectivity index is 1.34. The highest BCUT2D eigenvalue weighted by atomic mass is 32.1. The number of thiazole rings is 1. The first-order valence-corrected chi connectivity index (χ1v) is 10.2. The van der Waals surface area contributed by atoms with E-state index in [0.717, 1.165) is 18.2 Å². The van der Waals surface area contributed by atoms with Crippen LogP contribution >= 0.6 is 11.3 Å². The number of hydrogen-bond acceptors (Lipinski definition) is 7. The van der Waals surface area contributed by atoms with Crippen molar-refractivity contribution in [1.29, 1.82) is 0 Å². The fourth-order valence-electron chi connectivity index (χ4n) is 3.44. The van der Waals surface area contributed by atoms with E-state index in [9.17, 15) is 23.1 Å². The molecule has 7 nitrogen and oxygen atoms in total. The van der Waals surface area contributed by atoms with Crippen molar-refractivity contribution in [3.63, 3.8) is 0 Å². The van der Waals surface area contributed by atoms with E-state index in [1.807, 2.05) is 5.38 Å². The van der Waals surface area contributed by atoms with Gasteiger partial charge in [-0.15, -0.1) is 11.3 Å². The maximum absolute atomic E-state index is 12.8. The van der Waals surface area contributed by atoms with Gasteiger partial charge in [-0.1, -0.05) is 5.16 Å². The van der Waals surface area contributed by atoms with E-state index in [2.05, 4.69) is 15.1 Å². The molecule has 30 heavy (non-hydrogen) atoms. The van der Waals surface area contributed by atoms with Crippen LogP contribution in [0.4, 0.5) is 13.2 Å². The highest BCUT2D eigenvalue weighted by Gasteiger charge is 2.34. The van der Waals surface area contributed by atoms with Crippen molar-refractivity contribution in [2.45, 2.75) is 25.4 Å². The quantitative estimate of drug-likeness (QED) is 0.662. The molecule has 1 fully saturated rings. The van der Waals surface area contributed by atoms with E-state index in [-0.39, 0.29) is 11.5 Å². The average Bonchev–Trinajstić information content (AvgIpc) is 3.39. The molecule has 3 aromatic rings. The number of piperidine rings is 1. The third-order valence-electron chi connectivity index (χ3n) is 5.04. The number of rotatable bonds is 4. The molecule has 3 heterocycles. The molecule has 0 spiro atoms. The minimum absolute atomic E-state index is 0.0324. The molecule has 1 aliphatic rings. The molecule has 1 aliphatic heterocycles. The normalized spacial score (nSPS) is 15.5. The van der Waals surface area contributed by atoms with Gasteiger partial charge in [0.15, 0.2) is 5.82 Å². The second kappa shape index (κ2) is 8.05. The number of aromatic hydroxyl groups is 1. The minimum atomic E-state index is -4.67. The Kier molecular flexibility index (Phi) is 5.46. The zero-order valence-corrected chi connectivity index (χ0v) is 16.4. The molecule has 1 amide bonds.